The minimum atomic E-state index is -0.826. The van der Waals surface area contributed by atoms with Crippen LogP contribution in [0.3, 0.4) is 0 Å². The highest BCUT2D eigenvalue weighted by Gasteiger charge is 2.39. The van der Waals surface area contributed by atoms with Gasteiger partial charge < -0.3 is 14.6 Å². The molecule has 0 saturated carbocycles. The van der Waals surface area contributed by atoms with Gasteiger partial charge in [-0.1, -0.05) is 44.2 Å². The van der Waals surface area contributed by atoms with E-state index in [2.05, 4.69) is 29.1 Å². The van der Waals surface area contributed by atoms with Crippen molar-refractivity contribution in [2.24, 2.45) is 5.92 Å². The lowest BCUT2D eigenvalue weighted by Gasteiger charge is -2.32. The van der Waals surface area contributed by atoms with E-state index in [1.807, 2.05) is 49.2 Å². The Labute approximate surface area is 213 Å². The zero-order valence-corrected chi connectivity index (χ0v) is 21.4. The summed E-state index contributed by atoms with van der Waals surface area (Å²) in [5.74, 6) is -1.11. The molecule has 1 aliphatic rings. The topological polar surface area (TPSA) is 111 Å². The maximum absolute atomic E-state index is 13.6. The number of carbonyl (C=O) groups excluding carboxylic acids is 3. The summed E-state index contributed by atoms with van der Waals surface area (Å²) >= 11 is 0. The molecule has 1 aliphatic heterocycles. The fraction of sp³-hybridized carbons (Fsp3) is 0.500. The summed E-state index contributed by atoms with van der Waals surface area (Å²) in [5.41, 5.74) is 1.05. The molecule has 36 heavy (non-hydrogen) atoms. The van der Waals surface area contributed by atoms with Crippen LogP contribution in [0.25, 0.3) is 0 Å². The highest BCUT2D eigenvalue weighted by molar-refractivity contribution is 6.49. The van der Waals surface area contributed by atoms with Crippen LogP contribution in [0.1, 0.15) is 49.7 Å². The van der Waals surface area contributed by atoms with Gasteiger partial charge in [-0.3, -0.25) is 24.3 Å². The molecule has 10 heteroatoms. The third kappa shape index (κ3) is 8.24. The number of rotatable bonds is 10. The number of aromatic nitrogens is 2. The number of amides is 1. The molecule has 1 amide bonds. The molecule has 1 fully saturated rings. The SMILES string of the molecule is CC(C)C[C@H](CC(=O)[C@H](Cc1ccccc1)NC(=O)c1cnccn1)B1OC[C@@H](C)N(C)CC(=O)O1. The van der Waals surface area contributed by atoms with Crippen molar-refractivity contribution >= 4 is 24.8 Å². The van der Waals surface area contributed by atoms with Gasteiger partial charge in [0.2, 0.25) is 0 Å². The van der Waals surface area contributed by atoms with Crippen LogP contribution < -0.4 is 5.32 Å². The van der Waals surface area contributed by atoms with Crippen molar-refractivity contribution in [1.29, 1.82) is 0 Å². The zero-order chi connectivity index (χ0) is 26.1. The van der Waals surface area contributed by atoms with E-state index < -0.39 is 19.1 Å². The number of Topliss-reactive ketones (excluding diaryl/α,β-unsaturated/α-hetero) is 1. The monoisotopic (exact) mass is 494 g/mol. The summed E-state index contributed by atoms with van der Waals surface area (Å²) in [6.07, 6.45) is 5.33. The van der Waals surface area contributed by atoms with Gasteiger partial charge in [-0.15, -0.1) is 0 Å². The van der Waals surface area contributed by atoms with Crippen molar-refractivity contribution in [2.45, 2.75) is 57.9 Å². The molecule has 0 radical (unpaired) electrons. The Morgan fingerprint density at radius 3 is 2.64 bits per heavy atom. The Morgan fingerprint density at radius 1 is 1.22 bits per heavy atom. The maximum Gasteiger partial charge on any atom is 0.531 e. The second-order valence-corrected chi connectivity index (χ2v) is 9.82. The van der Waals surface area contributed by atoms with Crippen molar-refractivity contribution < 1.29 is 23.7 Å². The highest BCUT2D eigenvalue weighted by Crippen LogP contribution is 2.28. The van der Waals surface area contributed by atoms with E-state index in [4.69, 9.17) is 9.31 Å². The first-order valence-electron chi connectivity index (χ1n) is 12.4. The van der Waals surface area contributed by atoms with Crippen molar-refractivity contribution in [2.75, 3.05) is 20.2 Å². The third-order valence-corrected chi connectivity index (χ3v) is 6.28. The molecule has 3 atom stereocenters. The van der Waals surface area contributed by atoms with E-state index in [0.717, 1.165) is 5.56 Å². The lowest BCUT2D eigenvalue weighted by atomic mass is 9.64. The summed E-state index contributed by atoms with van der Waals surface area (Å²) in [6, 6.07) is 8.76. The largest absolute Gasteiger partial charge is 0.531 e. The van der Waals surface area contributed by atoms with Gasteiger partial charge in [0.05, 0.1) is 18.8 Å². The Hall–Kier alpha value is -3.11. The van der Waals surface area contributed by atoms with Crippen molar-refractivity contribution in [3.8, 4) is 0 Å². The molecule has 1 aromatic carbocycles. The van der Waals surface area contributed by atoms with Crippen LogP contribution in [-0.4, -0.2) is 71.9 Å². The van der Waals surface area contributed by atoms with E-state index in [1.165, 1.54) is 18.6 Å². The average Bonchev–Trinajstić information content (AvgIpc) is 2.85. The van der Waals surface area contributed by atoms with Crippen LogP contribution >= 0.6 is 0 Å². The molecule has 2 aromatic rings. The molecular formula is C26H35BN4O5. The molecule has 9 nitrogen and oxygen atoms in total. The molecule has 1 N–H and O–H groups in total. The van der Waals surface area contributed by atoms with Gasteiger partial charge in [-0.2, -0.15) is 0 Å². The molecule has 2 heterocycles. The highest BCUT2D eigenvalue weighted by atomic mass is 16.6. The number of nitrogens with zero attached hydrogens (tertiary/aromatic N) is 3. The number of benzene rings is 1. The van der Waals surface area contributed by atoms with Crippen molar-refractivity contribution in [3.63, 3.8) is 0 Å². The summed E-state index contributed by atoms with van der Waals surface area (Å²) in [4.78, 5) is 48.8. The number of hydrogen-bond donors (Lipinski definition) is 1. The fourth-order valence-corrected chi connectivity index (χ4v) is 4.19. The van der Waals surface area contributed by atoms with Gasteiger partial charge in [0.25, 0.3) is 5.91 Å². The van der Waals surface area contributed by atoms with Crippen LogP contribution in [0, 0.1) is 5.92 Å². The second kappa shape index (κ2) is 13.3. The molecule has 0 aliphatic carbocycles. The van der Waals surface area contributed by atoms with Gasteiger partial charge in [0, 0.05) is 37.3 Å². The van der Waals surface area contributed by atoms with Gasteiger partial charge in [0.15, 0.2) is 5.78 Å². The summed E-state index contributed by atoms with van der Waals surface area (Å²) in [5, 5.41) is 2.84. The minimum absolute atomic E-state index is 0.0350. The molecule has 3 rings (SSSR count). The van der Waals surface area contributed by atoms with Gasteiger partial charge in [-0.05, 0) is 38.3 Å². The summed E-state index contributed by atoms with van der Waals surface area (Å²) < 4.78 is 11.7. The third-order valence-electron chi connectivity index (χ3n) is 6.28. The molecule has 0 bridgehead atoms. The summed E-state index contributed by atoms with van der Waals surface area (Å²) in [7, 11) is 1.02. The van der Waals surface area contributed by atoms with E-state index in [9.17, 15) is 14.4 Å². The van der Waals surface area contributed by atoms with Gasteiger partial charge in [0.1, 0.15) is 5.69 Å². The van der Waals surface area contributed by atoms with E-state index in [1.54, 1.807) is 0 Å². The van der Waals surface area contributed by atoms with Crippen molar-refractivity contribution in [1.82, 2.24) is 20.2 Å². The Bertz CT molecular complexity index is 1010. The number of hydrogen-bond acceptors (Lipinski definition) is 8. The van der Waals surface area contributed by atoms with Crippen LogP contribution in [0.4, 0.5) is 0 Å². The number of likely N-dealkylation sites (N-methyl/N-ethyl adjacent to an activating group) is 1. The number of ketones is 1. The van der Waals surface area contributed by atoms with Crippen LogP contribution in [0.5, 0.6) is 0 Å². The molecule has 192 valence electrons. The first-order valence-corrected chi connectivity index (χ1v) is 12.4. The van der Waals surface area contributed by atoms with Crippen molar-refractivity contribution in [3.05, 3.63) is 60.2 Å². The average molecular weight is 494 g/mol. The van der Waals surface area contributed by atoms with Crippen LogP contribution in [-0.2, 0) is 25.3 Å². The smallest absolute Gasteiger partial charge is 0.508 e. The van der Waals surface area contributed by atoms with E-state index in [0.29, 0.717) is 19.4 Å². The quantitative estimate of drug-likeness (QED) is 0.502. The Kier molecular flexibility index (Phi) is 10.1. The van der Waals surface area contributed by atoms with Crippen LogP contribution in [0.15, 0.2) is 48.9 Å². The molecule has 1 saturated heterocycles. The number of carbonyl (C=O) groups is 3. The Balaban J connectivity index is 1.80. The predicted octanol–water partition coefficient (Wildman–Crippen LogP) is 2.58. The Morgan fingerprint density at radius 2 is 1.97 bits per heavy atom. The fourth-order valence-electron chi connectivity index (χ4n) is 4.19. The second-order valence-electron chi connectivity index (χ2n) is 9.82. The van der Waals surface area contributed by atoms with E-state index in [-0.39, 0.29) is 48.2 Å². The minimum Gasteiger partial charge on any atom is -0.508 e. The number of nitrogens with one attached hydrogen (secondary N) is 1. The van der Waals surface area contributed by atoms with Gasteiger partial charge >= 0.3 is 13.1 Å². The molecule has 0 unspecified atom stereocenters. The molecular weight excluding hydrogens is 459 g/mol. The predicted molar refractivity (Wildman–Crippen MR) is 136 cm³/mol. The standard InChI is InChI=1S/C26H35BN4O5/c1-18(2)12-21(27-35-17-19(3)31(4)16-25(33)36-27)14-24(32)22(13-20-8-6-5-7-9-20)30-26(34)23-15-28-10-11-29-23/h5-11,15,18-19,21-22H,12-14,16-17H2,1-4H3,(H,30,34)/t19-,21-,22+/m1/s1. The first kappa shape index (κ1) is 27.5. The van der Waals surface area contributed by atoms with E-state index >= 15 is 0 Å². The molecule has 0 spiro atoms. The zero-order valence-electron chi connectivity index (χ0n) is 21.4. The lowest BCUT2D eigenvalue weighted by Crippen LogP contribution is -2.47. The van der Waals surface area contributed by atoms with Crippen LogP contribution in [0.2, 0.25) is 5.82 Å². The molecule has 1 aromatic heterocycles. The van der Waals surface area contributed by atoms with Gasteiger partial charge in [-0.25, -0.2) is 4.98 Å². The lowest BCUT2D eigenvalue weighted by molar-refractivity contribution is -0.139. The first-order chi connectivity index (χ1) is 17.2. The maximum atomic E-state index is 13.6. The summed E-state index contributed by atoms with van der Waals surface area (Å²) in [6.45, 7) is 6.63. The normalized spacial score (nSPS) is 18.6.